The molecule has 188 valence electrons. The molecule has 2 aliphatic rings. The molecule has 3 aromatic rings. The Hall–Kier alpha value is -2.74. The number of nitrogens with one attached hydrogen (secondary N) is 1. The quantitative estimate of drug-likeness (QED) is 0.429. The first-order valence-electron chi connectivity index (χ1n) is 13.1. The Balaban J connectivity index is 1.36. The third kappa shape index (κ3) is 5.27. The number of Topliss-reactive ketones (excluding diaryl/α,β-unsaturated/α-hetero) is 1. The molecule has 3 heterocycles. The van der Waals surface area contributed by atoms with E-state index in [0.29, 0.717) is 28.9 Å². The van der Waals surface area contributed by atoms with Crippen LogP contribution in [0.1, 0.15) is 93.9 Å². The van der Waals surface area contributed by atoms with E-state index in [9.17, 15) is 9.90 Å². The van der Waals surface area contributed by atoms with Crippen molar-refractivity contribution in [2.45, 2.75) is 84.3 Å². The summed E-state index contributed by atoms with van der Waals surface area (Å²) >= 11 is 0. The first-order valence-corrected chi connectivity index (χ1v) is 13.1. The van der Waals surface area contributed by atoms with Crippen molar-refractivity contribution in [3.05, 3.63) is 41.5 Å². The lowest BCUT2D eigenvalue weighted by Gasteiger charge is -2.31. The topological polar surface area (TPSA) is 97.3 Å². The molecule has 2 fully saturated rings. The zero-order chi connectivity index (χ0) is 24.7. The lowest BCUT2D eigenvalue weighted by atomic mass is 9.80. The molecule has 8 nitrogen and oxygen atoms in total. The summed E-state index contributed by atoms with van der Waals surface area (Å²) < 4.78 is 3.64. The Labute approximate surface area is 207 Å². The van der Waals surface area contributed by atoms with Crippen LogP contribution in [0, 0.1) is 17.8 Å². The fourth-order valence-electron chi connectivity index (χ4n) is 5.30. The molecule has 0 aromatic carbocycles. The molecular formula is C27H38N6O2. The summed E-state index contributed by atoms with van der Waals surface area (Å²) in [7, 11) is 0. The molecule has 0 unspecified atom stereocenters. The van der Waals surface area contributed by atoms with Crippen LogP contribution in [-0.2, 0) is 12.0 Å². The first kappa shape index (κ1) is 24.0. The monoisotopic (exact) mass is 478 g/mol. The van der Waals surface area contributed by atoms with Gasteiger partial charge in [-0.25, -0.2) is 9.50 Å². The number of carbonyl (C=O) groups is 1. The highest BCUT2D eigenvalue weighted by atomic mass is 16.3. The third-order valence-electron chi connectivity index (χ3n) is 7.73. The summed E-state index contributed by atoms with van der Waals surface area (Å²) in [6, 6.07) is 2.20. The summed E-state index contributed by atoms with van der Waals surface area (Å²) in [6.07, 6.45) is 12.6. The van der Waals surface area contributed by atoms with Crippen molar-refractivity contribution in [3.8, 4) is 0 Å². The summed E-state index contributed by atoms with van der Waals surface area (Å²) in [5.41, 5.74) is 1.27. The van der Waals surface area contributed by atoms with Gasteiger partial charge in [-0.2, -0.15) is 10.2 Å². The standard InChI is InChI=1S/C27H38N6O2/c1-17(2)19-7-9-21(10-8-19)33-16-20(25(31-33)27(3,4)35)13-23(34)22-15-29-32-12-11-24(30-26(22)32)28-14-18-5-6-18/h11-12,15-19,21,35H,5-10,13-14H2,1-4H3,(H,28,30). The van der Waals surface area contributed by atoms with E-state index in [1.807, 2.05) is 23.1 Å². The Morgan fingerprint density at radius 3 is 2.60 bits per heavy atom. The Bertz CT molecular complexity index is 1190. The maximum atomic E-state index is 13.4. The number of hydrogen-bond donors (Lipinski definition) is 2. The molecule has 0 aliphatic heterocycles. The average Bonchev–Trinajstić information content (AvgIpc) is 3.39. The zero-order valence-corrected chi connectivity index (χ0v) is 21.4. The molecule has 3 aromatic heterocycles. The smallest absolute Gasteiger partial charge is 0.172 e. The molecule has 0 amide bonds. The second-order valence-electron chi connectivity index (χ2n) is 11.4. The molecule has 5 rings (SSSR count). The SMILES string of the molecule is CC(C)C1CCC(n2cc(CC(=O)c3cnn4ccc(NCC5CC5)nc34)c(C(C)(C)O)n2)CC1. The Morgan fingerprint density at radius 1 is 1.20 bits per heavy atom. The molecular weight excluding hydrogens is 440 g/mol. The lowest BCUT2D eigenvalue weighted by Crippen LogP contribution is -2.23. The molecule has 0 spiro atoms. The van der Waals surface area contributed by atoms with Crippen LogP contribution in [0.4, 0.5) is 5.82 Å². The Kier molecular flexibility index (Phi) is 6.42. The number of rotatable bonds is 9. The van der Waals surface area contributed by atoms with E-state index >= 15 is 0 Å². The summed E-state index contributed by atoms with van der Waals surface area (Å²) in [5.74, 6) is 2.90. The van der Waals surface area contributed by atoms with Crippen molar-refractivity contribution in [2.75, 3.05) is 11.9 Å². The van der Waals surface area contributed by atoms with Gasteiger partial charge in [0.15, 0.2) is 11.4 Å². The molecule has 0 saturated heterocycles. The maximum Gasteiger partial charge on any atom is 0.172 e. The van der Waals surface area contributed by atoms with Crippen LogP contribution >= 0.6 is 0 Å². The van der Waals surface area contributed by atoms with Crippen molar-refractivity contribution in [3.63, 3.8) is 0 Å². The van der Waals surface area contributed by atoms with Crippen molar-refractivity contribution < 1.29 is 9.90 Å². The van der Waals surface area contributed by atoms with E-state index < -0.39 is 5.60 Å². The van der Waals surface area contributed by atoms with Crippen LogP contribution in [-0.4, -0.2) is 41.8 Å². The van der Waals surface area contributed by atoms with Crippen molar-refractivity contribution in [1.29, 1.82) is 0 Å². The van der Waals surface area contributed by atoms with Crippen LogP contribution in [0.2, 0.25) is 0 Å². The predicted octanol–water partition coefficient (Wildman–Crippen LogP) is 4.79. The molecule has 2 N–H and O–H groups in total. The van der Waals surface area contributed by atoms with E-state index in [4.69, 9.17) is 5.10 Å². The van der Waals surface area contributed by atoms with Gasteiger partial charge in [0.05, 0.1) is 23.5 Å². The molecule has 35 heavy (non-hydrogen) atoms. The number of nitrogens with zero attached hydrogens (tertiary/aromatic N) is 5. The van der Waals surface area contributed by atoms with Gasteiger partial charge in [0.25, 0.3) is 0 Å². The van der Waals surface area contributed by atoms with E-state index in [0.717, 1.165) is 42.6 Å². The lowest BCUT2D eigenvalue weighted by molar-refractivity contribution is 0.0713. The number of aromatic nitrogens is 5. The van der Waals surface area contributed by atoms with E-state index in [2.05, 4.69) is 29.2 Å². The molecule has 0 radical (unpaired) electrons. The van der Waals surface area contributed by atoms with Gasteiger partial charge < -0.3 is 10.4 Å². The van der Waals surface area contributed by atoms with E-state index in [-0.39, 0.29) is 12.2 Å². The minimum atomic E-state index is -1.13. The number of carbonyl (C=O) groups excluding carboxylic acids is 1. The zero-order valence-electron chi connectivity index (χ0n) is 21.4. The largest absolute Gasteiger partial charge is 0.384 e. The highest BCUT2D eigenvalue weighted by molar-refractivity contribution is 6.02. The van der Waals surface area contributed by atoms with Crippen LogP contribution in [0.5, 0.6) is 0 Å². The normalized spacial score (nSPS) is 21.1. The molecule has 0 bridgehead atoms. The van der Waals surface area contributed by atoms with Gasteiger partial charge in [-0.05, 0) is 76.2 Å². The van der Waals surface area contributed by atoms with Gasteiger partial charge in [0.1, 0.15) is 11.4 Å². The number of aliphatic hydroxyl groups is 1. The second kappa shape index (κ2) is 9.37. The maximum absolute atomic E-state index is 13.4. The Morgan fingerprint density at radius 2 is 1.94 bits per heavy atom. The van der Waals surface area contributed by atoms with Gasteiger partial charge in [-0.15, -0.1) is 0 Å². The van der Waals surface area contributed by atoms with E-state index in [1.54, 1.807) is 24.6 Å². The van der Waals surface area contributed by atoms with Crippen molar-refractivity contribution >= 4 is 17.2 Å². The fraction of sp³-hybridized carbons (Fsp3) is 0.630. The highest BCUT2D eigenvalue weighted by Crippen LogP contribution is 2.37. The number of fused-ring (bicyclic) bond motifs is 1. The van der Waals surface area contributed by atoms with E-state index in [1.165, 1.54) is 25.7 Å². The number of anilines is 1. The fourth-order valence-corrected chi connectivity index (χ4v) is 5.30. The minimum absolute atomic E-state index is 0.0691. The van der Waals surface area contributed by atoms with Crippen LogP contribution in [0.25, 0.3) is 5.65 Å². The van der Waals surface area contributed by atoms with Gasteiger partial charge in [-0.1, -0.05) is 13.8 Å². The van der Waals surface area contributed by atoms with Crippen LogP contribution in [0.15, 0.2) is 24.7 Å². The summed E-state index contributed by atoms with van der Waals surface area (Å²) in [5, 5.41) is 23.3. The molecule has 0 atom stereocenters. The highest BCUT2D eigenvalue weighted by Gasteiger charge is 2.30. The number of hydrogen-bond acceptors (Lipinski definition) is 6. The van der Waals surface area contributed by atoms with Crippen molar-refractivity contribution in [2.24, 2.45) is 17.8 Å². The number of ketones is 1. The van der Waals surface area contributed by atoms with Gasteiger partial charge in [0.2, 0.25) is 0 Å². The summed E-state index contributed by atoms with van der Waals surface area (Å²) in [6.45, 7) is 8.98. The van der Waals surface area contributed by atoms with Gasteiger partial charge >= 0.3 is 0 Å². The third-order valence-corrected chi connectivity index (χ3v) is 7.73. The molecule has 2 saturated carbocycles. The van der Waals surface area contributed by atoms with Crippen LogP contribution in [0.3, 0.4) is 0 Å². The van der Waals surface area contributed by atoms with Gasteiger partial charge in [0, 0.05) is 30.9 Å². The minimum Gasteiger partial charge on any atom is -0.384 e. The average molecular weight is 479 g/mol. The second-order valence-corrected chi connectivity index (χ2v) is 11.4. The molecule has 8 heteroatoms. The summed E-state index contributed by atoms with van der Waals surface area (Å²) in [4.78, 5) is 18.1. The first-order chi connectivity index (χ1) is 16.7. The van der Waals surface area contributed by atoms with Crippen molar-refractivity contribution in [1.82, 2.24) is 24.4 Å². The van der Waals surface area contributed by atoms with Crippen LogP contribution < -0.4 is 5.32 Å². The predicted molar refractivity (Wildman–Crippen MR) is 136 cm³/mol. The van der Waals surface area contributed by atoms with Gasteiger partial charge in [-0.3, -0.25) is 9.48 Å². The molecule has 2 aliphatic carbocycles.